The first-order chi connectivity index (χ1) is 16.5. The van der Waals surface area contributed by atoms with E-state index in [0.29, 0.717) is 24.4 Å². The number of rotatable bonds is 7. The van der Waals surface area contributed by atoms with Gasteiger partial charge >= 0.3 is 0 Å². The van der Waals surface area contributed by atoms with Gasteiger partial charge in [-0.15, -0.1) is 0 Å². The molecule has 168 valence electrons. The average molecular weight is 450 g/mol. The van der Waals surface area contributed by atoms with Crippen LogP contribution >= 0.6 is 0 Å². The van der Waals surface area contributed by atoms with Gasteiger partial charge in [0.1, 0.15) is 28.6 Å². The van der Waals surface area contributed by atoms with Gasteiger partial charge in [0.2, 0.25) is 5.88 Å². The van der Waals surface area contributed by atoms with Gasteiger partial charge in [-0.3, -0.25) is 14.0 Å². The summed E-state index contributed by atoms with van der Waals surface area (Å²) in [7, 11) is 0. The van der Waals surface area contributed by atoms with Crippen LogP contribution in [-0.4, -0.2) is 21.8 Å². The minimum Gasteiger partial charge on any atom is -0.438 e. The van der Waals surface area contributed by atoms with Crippen molar-refractivity contribution in [3.8, 4) is 17.7 Å². The number of fused-ring (bicyclic) bond motifs is 1. The number of pyridine rings is 1. The Hall–Kier alpha value is -4.70. The van der Waals surface area contributed by atoms with Crippen molar-refractivity contribution in [3.05, 3.63) is 112 Å². The third-order valence-electron chi connectivity index (χ3n) is 5.13. The van der Waals surface area contributed by atoms with Gasteiger partial charge in [-0.25, -0.2) is 0 Å². The average Bonchev–Trinajstić information content (AvgIpc) is 2.84. The molecule has 1 N–H and O–H groups in total. The first-order valence-corrected chi connectivity index (χ1v) is 10.7. The molecule has 34 heavy (non-hydrogen) atoms. The zero-order chi connectivity index (χ0) is 23.9. The number of ether oxygens (including phenoxy) is 1. The number of aromatic nitrogens is 2. The lowest BCUT2D eigenvalue weighted by molar-refractivity contribution is -0.117. The molecule has 0 fully saturated rings. The fraction of sp³-hybridized carbons (Fsp3) is 0.111. The van der Waals surface area contributed by atoms with Crippen molar-refractivity contribution in [3.63, 3.8) is 0 Å². The molecule has 0 unspecified atom stereocenters. The van der Waals surface area contributed by atoms with E-state index in [-0.39, 0.29) is 17.0 Å². The highest BCUT2D eigenvalue weighted by Crippen LogP contribution is 2.24. The summed E-state index contributed by atoms with van der Waals surface area (Å²) in [4.78, 5) is 30.4. The van der Waals surface area contributed by atoms with Gasteiger partial charge in [-0.2, -0.15) is 10.2 Å². The fourth-order valence-electron chi connectivity index (χ4n) is 3.43. The molecule has 0 saturated carbocycles. The number of nitrogens with zero attached hydrogens (tertiary/aromatic N) is 3. The van der Waals surface area contributed by atoms with E-state index < -0.39 is 11.5 Å². The minimum absolute atomic E-state index is 0.0139. The second kappa shape index (κ2) is 10.3. The largest absolute Gasteiger partial charge is 0.438 e. The van der Waals surface area contributed by atoms with Crippen LogP contribution < -0.4 is 15.6 Å². The molecule has 0 aliphatic heterocycles. The van der Waals surface area contributed by atoms with E-state index in [1.807, 2.05) is 61.5 Å². The van der Waals surface area contributed by atoms with E-state index in [1.165, 1.54) is 10.5 Å². The van der Waals surface area contributed by atoms with Crippen LogP contribution in [0.2, 0.25) is 0 Å². The highest BCUT2D eigenvalue weighted by molar-refractivity contribution is 6.01. The highest BCUT2D eigenvalue weighted by Gasteiger charge is 2.17. The normalized spacial score (nSPS) is 11.1. The summed E-state index contributed by atoms with van der Waals surface area (Å²) in [5.74, 6) is -0.0585. The SMILES string of the molecule is Cc1cccc(Oc2nc3ccccn3c(=O)c2/C=C(\C#N)C(=O)NCCc2ccccc2)c1. The maximum absolute atomic E-state index is 13.2. The van der Waals surface area contributed by atoms with Crippen LogP contribution in [0.25, 0.3) is 11.7 Å². The summed E-state index contributed by atoms with van der Waals surface area (Å²) in [6.45, 7) is 2.27. The molecule has 0 radical (unpaired) electrons. The van der Waals surface area contributed by atoms with Crippen molar-refractivity contribution in [2.45, 2.75) is 13.3 Å². The molecule has 0 aliphatic carbocycles. The number of hydrogen-bond donors (Lipinski definition) is 1. The molecular formula is C27H22N4O3. The molecule has 0 bridgehead atoms. The van der Waals surface area contributed by atoms with Gasteiger partial charge in [0.25, 0.3) is 11.5 Å². The van der Waals surface area contributed by atoms with Crippen LogP contribution in [0.4, 0.5) is 0 Å². The van der Waals surface area contributed by atoms with Crippen LogP contribution in [0.3, 0.4) is 0 Å². The fourth-order valence-corrected chi connectivity index (χ4v) is 3.43. The molecule has 7 nitrogen and oxygen atoms in total. The van der Waals surface area contributed by atoms with Crippen LogP contribution in [0, 0.1) is 18.3 Å². The smallest absolute Gasteiger partial charge is 0.269 e. The Balaban J connectivity index is 1.67. The van der Waals surface area contributed by atoms with Crippen LogP contribution in [0.15, 0.2) is 89.4 Å². The Morgan fingerprint density at radius 1 is 1.12 bits per heavy atom. The Morgan fingerprint density at radius 3 is 2.68 bits per heavy atom. The predicted octanol–water partition coefficient (Wildman–Crippen LogP) is 4.06. The maximum Gasteiger partial charge on any atom is 0.269 e. The van der Waals surface area contributed by atoms with Gasteiger partial charge in [-0.1, -0.05) is 48.5 Å². The molecule has 7 heteroatoms. The molecule has 0 aliphatic rings. The standard InChI is InChI=1S/C27H22N4O3/c1-19-8-7-11-22(16-19)34-26-23(27(33)31-15-6-5-12-24(31)30-26)17-21(18-28)25(32)29-14-13-20-9-3-2-4-10-20/h2-12,15-17H,13-14H2,1H3,(H,29,32)/b21-17+. The number of benzene rings is 2. The number of hydrogen-bond acceptors (Lipinski definition) is 5. The van der Waals surface area contributed by atoms with E-state index in [4.69, 9.17) is 4.74 Å². The predicted molar refractivity (Wildman–Crippen MR) is 129 cm³/mol. The van der Waals surface area contributed by atoms with Crippen molar-refractivity contribution >= 4 is 17.6 Å². The van der Waals surface area contributed by atoms with Crippen LogP contribution in [0.1, 0.15) is 16.7 Å². The monoisotopic (exact) mass is 450 g/mol. The Bertz CT molecular complexity index is 1470. The van der Waals surface area contributed by atoms with E-state index in [1.54, 1.807) is 30.5 Å². The number of nitriles is 1. The van der Waals surface area contributed by atoms with Gasteiger partial charge in [0, 0.05) is 12.7 Å². The molecular weight excluding hydrogens is 428 g/mol. The number of amides is 1. The van der Waals surface area contributed by atoms with E-state index >= 15 is 0 Å². The maximum atomic E-state index is 13.2. The minimum atomic E-state index is -0.572. The van der Waals surface area contributed by atoms with Crippen molar-refractivity contribution in [1.82, 2.24) is 14.7 Å². The quantitative estimate of drug-likeness (QED) is 0.338. The summed E-state index contributed by atoms with van der Waals surface area (Å²) < 4.78 is 7.28. The molecule has 2 aromatic carbocycles. The van der Waals surface area contributed by atoms with Crippen molar-refractivity contribution < 1.29 is 9.53 Å². The van der Waals surface area contributed by atoms with Crippen molar-refractivity contribution in [2.75, 3.05) is 6.54 Å². The molecule has 0 spiro atoms. The van der Waals surface area contributed by atoms with E-state index in [2.05, 4.69) is 10.3 Å². The number of carbonyl (C=O) groups is 1. The van der Waals surface area contributed by atoms with Gasteiger partial charge < -0.3 is 10.1 Å². The lowest BCUT2D eigenvalue weighted by atomic mass is 10.1. The summed E-state index contributed by atoms with van der Waals surface area (Å²) >= 11 is 0. The Labute approximate surface area is 196 Å². The molecule has 0 atom stereocenters. The lowest BCUT2D eigenvalue weighted by Gasteiger charge is -2.11. The number of carbonyl (C=O) groups excluding carboxylic acids is 1. The second-order valence-electron chi connectivity index (χ2n) is 7.64. The third kappa shape index (κ3) is 5.19. The molecule has 0 saturated heterocycles. The summed E-state index contributed by atoms with van der Waals surface area (Å²) in [6.07, 6.45) is 3.43. The first kappa shape index (κ1) is 22.5. The zero-order valence-electron chi connectivity index (χ0n) is 18.6. The molecule has 1 amide bonds. The summed E-state index contributed by atoms with van der Waals surface area (Å²) in [5.41, 5.74) is 1.78. The number of nitrogens with one attached hydrogen (secondary N) is 1. The summed E-state index contributed by atoms with van der Waals surface area (Å²) in [5, 5.41) is 12.4. The summed E-state index contributed by atoms with van der Waals surface area (Å²) in [6, 6.07) is 24.0. The third-order valence-corrected chi connectivity index (χ3v) is 5.13. The Morgan fingerprint density at radius 2 is 1.91 bits per heavy atom. The molecule has 4 aromatic rings. The van der Waals surface area contributed by atoms with Gasteiger partial charge in [-0.05, 0) is 54.8 Å². The number of aryl methyl sites for hydroxylation is 1. The van der Waals surface area contributed by atoms with Crippen LogP contribution in [0.5, 0.6) is 11.6 Å². The van der Waals surface area contributed by atoms with Gasteiger partial charge in [0.05, 0.1) is 0 Å². The molecule has 2 heterocycles. The zero-order valence-corrected chi connectivity index (χ0v) is 18.6. The van der Waals surface area contributed by atoms with E-state index in [0.717, 1.165) is 11.1 Å². The molecule has 4 rings (SSSR count). The van der Waals surface area contributed by atoms with Crippen molar-refractivity contribution in [2.24, 2.45) is 0 Å². The second-order valence-corrected chi connectivity index (χ2v) is 7.64. The van der Waals surface area contributed by atoms with Gasteiger partial charge in [0.15, 0.2) is 0 Å². The van der Waals surface area contributed by atoms with E-state index in [9.17, 15) is 14.9 Å². The lowest BCUT2D eigenvalue weighted by Crippen LogP contribution is -2.27. The first-order valence-electron chi connectivity index (χ1n) is 10.7. The highest BCUT2D eigenvalue weighted by atomic mass is 16.5. The van der Waals surface area contributed by atoms with Crippen molar-refractivity contribution in [1.29, 1.82) is 5.26 Å². The molecule has 2 aromatic heterocycles. The Kier molecular flexibility index (Phi) is 6.80. The topological polar surface area (TPSA) is 96.5 Å². The van der Waals surface area contributed by atoms with Crippen LogP contribution in [-0.2, 0) is 11.2 Å².